The monoisotopic (exact) mass is 336 g/mol. The Hall–Kier alpha value is -2.38. The minimum Gasteiger partial charge on any atom is -0.497 e. The molecule has 0 amide bonds. The number of carboxylic acids is 1. The van der Waals surface area contributed by atoms with Crippen molar-refractivity contribution < 1.29 is 34.4 Å². The van der Waals surface area contributed by atoms with Gasteiger partial charge >= 0.3 is 11.9 Å². The quantitative estimate of drug-likeness (QED) is 0.655. The maximum Gasteiger partial charge on any atom is 0.345 e. The summed E-state index contributed by atoms with van der Waals surface area (Å²) in [5, 5.41) is 28.3. The number of aliphatic hydroxyl groups excluding tert-OH is 2. The number of benzene rings is 1. The van der Waals surface area contributed by atoms with E-state index in [0.717, 1.165) is 0 Å². The van der Waals surface area contributed by atoms with Gasteiger partial charge in [-0.1, -0.05) is 18.2 Å². The minimum atomic E-state index is -1.34. The first-order valence-corrected chi connectivity index (χ1v) is 7.52. The van der Waals surface area contributed by atoms with Crippen LogP contribution in [0.25, 0.3) is 0 Å². The molecule has 2 rings (SSSR count). The van der Waals surface area contributed by atoms with E-state index >= 15 is 0 Å². The first-order chi connectivity index (χ1) is 11.4. The van der Waals surface area contributed by atoms with Crippen LogP contribution in [0.4, 0.5) is 0 Å². The molecule has 0 heterocycles. The topological polar surface area (TPSA) is 113 Å². The third kappa shape index (κ3) is 4.56. The number of rotatable bonds is 6. The Balaban J connectivity index is 2.02. The van der Waals surface area contributed by atoms with Crippen molar-refractivity contribution in [1.29, 1.82) is 0 Å². The lowest BCUT2D eigenvalue weighted by Crippen LogP contribution is -2.34. The van der Waals surface area contributed by atoms with E-state index in [9.17, 15) is 24.9 Å². The normalized spacial score (nSPS) is 21.5. The molecule has 0 saturated carbocycles. The summed E-state index contributed by atoms with van der Waals surface area (Å²) in [4.78, 5) is 23.4. The van der Waals surface area contributed by atoms with E-state index in [1.807, 2.05) is 0 Å². The van der Waals surface area contributed by atoms with Crippen molar-refractivity contribution in [1.82, 2.24) is 0 Å². The fourth-order valence-corrected chi connectivity index (χ4v) is 2.39. The van der Waals surface area contributed by atoms with Crippen LogP contribution in [-0.2, 0) is 20.7 Å². The predicted molar refractivity (Wildman–Crippen MR) is 83.5 cm³/mol. The van der Waals surface area contributed by atoms with Gasteiger partial charge in [-0.15, -0.1) is 0 Å². The molecule has 1 aromatic carbocycles. The van der Waals surface area contributed by atoms with Gasteiger partial charge < -0.3 is 24.8 Å². The van der Waals surface area contributed by atoms with Crippen LogP contribution >= 0.6 is 0 Å². The summed E-state index contributed by atoms with van der Waals surface area (Å²) in [6, 6.07) is 6.78. The molecule has 0 aliphatic heterocycles. The Bertz CT molecular complexity index is 620. The molecule has 1 aliphatic rings. The number of methoxy groups -OCH3 is 1. The second-order valence-corrected chi connectivity index (χ2v) is 5.59. The van der Waals surface area contributed by atoms with Crippen molar-refractivity contribution in [3.8, 4) is 5.75 Å². The number of carboxylic acid groups (broad SMARTS) is 1. The Morgan fingerprint density at radius 2 is 1.88 bits per heavy atom. The second-order valence-electron chi connectivity index (χ2n) is 5.59. The van der Waals surface area contributed by atoms with Gasteiger partial charge in [-0.3, -0.25) is 0 Å². The van der Waals surface area contributed by atoms with Gasteiger partial charge in [-0.25, -0.2) is 9.59 Å². The molecule has 0 radical (unpaired) electrons. The summed E-state index contributed by atoms with van der Waals surface area (Å²) in [6.07, 6.45) is -1.76. The third-order valence-electron chi connectivity index (χ3n) is 3.85. The van der Waals surface area contributed by atoms with E-state index in [1.54, 1.807) is 24.3 Å². The van der Waals surface area contributed by atoms with E-state index in [-0.39, 0.29) is 24.8 Å². The van der Waals surface area contributed by atoms with Gasteiger partial charge in [0.25, 0.3) is 0 Å². The molecule has 1 aliphatic carbocycles. The Morgan fingerprint density at radius 3 is 2.42 bits per heavy atom. The SMILES string of the molecule is COc1ccc(C[C@H](OC(=O)C2=CC[C@@H](O)[C@H](O)C2)C(=O)O)cc1. The average molecular weight is 336 g/mol. The van der Waals surface area contributed by atoms with Gasteiger partial charge in [0.2, 0.25) is 6.10 Å². The van der Waals surface area contributed by atoms with Crippen LogP contribution in [0.2, 0.25) is 0 Å². The molecule has 0 bridgehead atoms. The fourth-order valence-electron chi connectivity index (χ4n) is 2.39. The summed E-state index contributed by atoms with van der Waals surface area (Å²) in [6.45, 7) is 0. The number of aliphatic hydroxyl groups is 2. The van der Waals surface area contributed by atoms with E-state index in [1.165, 1.54) is 13.2 Å². The molecule has 0 fully saturated rings. The van der Waals surface area contributed by atoms with Crippen LogP contribution in [0.3, 0.4) is 0 Å². The predicted octanol–water partition coefficient (Wildman–Crippen LogP) is 0.676. The van der Waals surface area contributed by atoms with E-state index in [2.05, 4.69) is 0 Å². The maximum atomic E-state index is 12.1. The summed E-state index contributed by atoms with van der Waals surface area (Å²) in [7, 11) is 1.53. The summed E-state index contributed by atoms with van der Waals surface area (Å²) >= 11 is 0. The van der Waals surface area contributed by atoms with Gasteiger partial charge in [0, 0.05) is 18.4 Å². The highest BCUT2D eigenvalue weighted by Crippen LogP contribution is 2.21. The molecule has 3 atom stereocenters. The van der Waals surface area contributed by atoms with Crippen LogP contribution < -0.4 is 4.74 Å². The second kappa shape index (κ2) is 7.94. The first kappa shape index (κ1) is 18.0. The first-order valence-electron chi connectivity index (χ1n) is 7.52. The maximum absolute atomic E-state index is 12.1. The molecule has 0 saturated heterocycles. The molecule has 0 unspecified atom stereocenters. The molecule has 0 spiro atoms. The molecule has 3 N–H and O–H groups in total. The lowest BCUT2D eigenvalue weighted by atomic mass is 9.94. The lowest BCUT2D eigenvalue weighted by molar-refractivity contribution is -0.161. The average Bonchev–Trinajstić information content (AvgIpc) is 2.57. The molecule has 1 aromatic rings. The minimum absolute atomic E-state index is 0.0174. The number of esters is 1. The van der Waals surface area contributed by atoms with Gasteiger partial charge in [0.1, 0.15) is 5.75 Å². The standard InChI is InChI=1S/C17H20O7/c1-23-12-5-2-10(3-6-12)8-15(16(20)21)24-17(22)11-4-7-13(18)14(19)9-11/h2-6,13-15,18-19H,7-9H2,1H3,(H,20,21)/t13-,14-,15+/m1/s1. The van der Waals surface area contributed by atoms with Crippen molar-refractivity contribution >= 4 is 11.9 Å². The van der Waals surface area contributed by atoms with Gasteiger partial charge in [-0.05, 0) is 24.1 Å². The highest BCUT2D eigenvalue weighted by Gasteiger charge is 2.29. The summed E-state index contributed by atoms with van der Waals surface area (Å²) in [5.74, 6) is -1.40. The molecule has 24 heavy (non-hydrogen) atoms. The van der Waals surface area contributed by atoms with Crippen molar-refractivity contribution in [2.24, 2.45) is 0 Å². The van der Waals surface area contributed by atoms with Crippen molar-refractivity contribution in [3.63, 3.8) is 0 Å². The van der Waals surface area contributed by atoms with Gasteiger partial charge in [0.05, 0.1) is 19.3 Å². The van der Waals surface area contributed by atoms with E-state index in [4.69, 9.17) is 9.47 Å². The number of hydrogen-bond donors (Lipinski definition) is 3. The van der Waals surface area contributed by atoms with E-state index in [0.29, 0.717) is 11.3 Å². The number of aliphatic carboxylic acids is 1. The zero-order valence-electron chi connectivity index (χ0n) is 13.2. The summed E-state index contributed by atoms with van der Waals surface area (Å²) < 4.78 is 10.1. The molecule has 130 valence electrons. The molecule has 0 aromatic heterocycles. The smallest absolute Gasteiger partial charge is 0.345 e. The van der Waals surface area contributed by atoms with Crippen molar-refractivity contribution in [2.45, 2.75) is 37.6 Å². The summed E-state index contributed by atoms with van der Waals surface area (Å²) in [5.41, 5.74) is 0.859. The Kier molecular flexibility index (Phi) is 5.94. The van der Waals surface area contributed by atoms with Crippen molar-refractivity contribution in [3.05, 3.63) is 41.5 Å². The van der Waals surface area contributed by atoms with Gasteiger partial charge in [-0.2, -0.15) is 0 Å². The largest absolute Gasteiger partial charge is 0.497 e. The van der Waals surface area contributed by atoms with Crippen LogP contribution in [-0.4, -0.2) is 52.7 Å². The molecule has 7 nitrogen and oxygen atoms in total. The molecule has 7 heteroatoms. The molecular formula is C17H20O7. The third-order valence-corrected chi connectivity index (χ3v) is 3.85. The van der Waals surface area contributed by atoms with E-state index < -0.39 is 30.3 Å². The van der Waals surface area contributed by atoms with Crippen molar-refractivity contribution in [2.75, 3.05) is 7.11 Å². The highest BCUT2D eigenvalue weighted by atomic mass is 16.6. The number of ether oxygens (including phenoxy) is 2. The Morgan fingerprint density at radius 1 is 1.21 bits per heavy atom. The Labute approximate surface area is 139 Å². The number of carbonyl (C=O) groups is 2. The zero-order valence-corrected chi connectivity index (χ0v) is 13.2. The van der Waals surface area contributed by atoms with Gasteiger partial charge in [0.15, 0.2) is 0 Å². The fraction of sp³-hybridized carbons (Fsp3) is 0.412. The number of hydrogen-bond acceptors (Lipinski definition) is 6. The zero-order chi connectivity index (χ0) is 17.7. The lowest BCUT2D eigenvalue weighted by Gasteiger charge is -2.23. The van der Waals surface area contributed by atoms with Crippen LogP contribution in [0, 0.1) is 0 Å². The van der Waals surface area contributed by atoms with Crippen LogP contribution in [0.1, 0.15) is 18.4 Å². The number of carbonyl (C=O) groups excluding carboxylic acids is 1. The highest BCUT2D eigenvalue weighted by molar-refractivity contribution is 5.90. The molecular weight excluding hydrogens is 316 g/mol. The van der Waals surface area contributed by atoms with Crippen LogP contribution in [0.15, 0.2) is 35.9 Å². The van der Waals surface area contributed by atoms with Crippen LogP contribution in [0.5, 0.6) is 5.75 Å².